The van der Waals surface area contributed by atoms with E-state index in [2.05, 4.69) is 15.6 Å². The minimum Gasteiger partial charge on any atom is -0.465 e. The van der Waals surface area contributed by atoms with Gasteiger partial charge in [0.25, 0.3) is 5.56 Å². The highest BCUT2D eigenvalue weighted by atomic mass is 35.5. The summed E-state index contributed by atoms with van der Waals surface area (Å²) in [5, 5.41) is 15.6. The van der Waals surface area contributed by atoms with E-state index in [0.717, 1.165) is 6.26 Å². The second-order valence-electron chi connectivity index (χ2n) is 10.6. The summed E-state index contributed by atoms with van der Waals surface area (Å²) in [5.74, 6) is 0.149. The number of benzene rings is 3. The van der Waals surface area contributed by atoms with E-state index >= 15 is 0 Å². The Morgan fingerprint density at radius 3 is 2.33 bits per heavy atom. The molecule has 0 saturated carbocycles. The van der Waals surface area contributed by atoms with Crippen LogP contribution in [0.5, 0.6) is 0 Å². The highest BCUT2D eigenvalue weighted by Crippen LogP contribution is 2.30. The van der Waals surface area contributed by atoms with Gasteiger partial charge in [0.2, 0.25) is 0 Å². The smallest absolute Gasteiger partial charge is 0.408 e. The zero-order valence-electron chi connectivity index (χ0n) is 23.5. The third kappa shape index (κ3) is 6.24. The fraction of sp³-hybridized carbons (Fsp3) is 0.241. The topological polar surface area (TPSA) is 151 Å². The van der Waals surface area contributed by atoms with Crippen LogP contribution in [0.15, 0.2) is 76.4 Å². The molecule has 3 aromatic carbocycles. The van der Waals surface area contributed by atoms with Gasteiger partial charge in [-0.25, -0.2) is 23.0 Å². The van der Waals surface area contributed by atoms with Gasteiger partial charge in [0.15, 0.2) is 9.84 Å². The largest absolute Gasteiger partial charge is 0.465 e. The molecule has 3 amide bonds. The fourth-order valence-electron chi connectivity index (χ4n) is 4.79. The zero-order chi connectivity index (χ0) is 31.0. The van der Waals surface area contributed by atoms with Crippen molar-refractivity contribution in [3.8, 4) is 5.69 Å². The lowest BCUT2D eigenvalue weighted by Crippen LogP contribution is -2.47. The standard InChI is InChI=1S/C29H30ClN5O6S/c1-17(35(28(38)39)29(2,3)4)25-32-22-14-9-12-20(30)24(22)26(36)34(25)19-11-8-10-18(16-19)31-27(37)33-21-13-6-7-15-23(21)42(5,40)41/h6-17H,1-5H3,(H,38,39)(H2,31,33,37). The van der Waals surface area contributed by atoms with Gasteiger partial charge >= 0.3 is 12.1 Å². The molecule has 0 radical (unpaired) electrons. The van der Waals surface area contributed by atoms with Gasteiger partial charge in [-0.3, -0.25) is 14.3 Å². The predicted octanol–water partition coefficient (Wildman–Crippen LogP) is 5.93. The molecule has 0 aliphatic heterocycles. The number of halogens is 1. The van der Waals surface area contributed by atoms with Crippen LogP contribution in [-0.2, 0) is 9.84 Å². The molecule has 0 aliphatic rings. The van der Waals surface area contributed by atoms with Crippen LogP contribution in [0.3, 0.4) is 0 Å². The molecule has 13 heteroatoms. The molecule has 1 aromatic heterocycles. The van der Waals surface area contributed by atoms with Gasteiger partial charge in [-0.15, -0.1) is 0 Å². The van der Waals surface area contributed by atoms with Crippen molar-refractivity contribution in [3.63, 3.8) is 0 Å². The van der Waals surface area contributed by atoms with Crippen molar-refractivity contribution in [1.82, 2.24) is 14.5 Å². The van der Waals surface area contributed by atoms with E-state index in [9.17, 15) is 27.9 Å². The molecule has 0 spiro atoms. The molecule has 1 atom stereocenters. The van der Waals surface area contributed by atoms with E-state index in [1.54, 1.807) is 76.2 Å². The molecule has 1 heterocycles. The van der Waals surface area contributed by atoms with E-state index in [1.165, 1.54) is 27.7 Å². The molecule has 4 rings (SSSR count). The number of sulfone groups is 1. The molecule has 1 unspecified atom stereocenters. The Morgan fingerprint density at radius 2 is 1.69 bits per heavy atom. The minimum atomic E-state index is -3.60. The van der Waals surface area contributed by atoms with Crippen LogP contribution in [0, 0.1) is 0 Å². The van der Waals surface area contributed by atoms with Crippen LogP contribution in [0.1, 0.15) is 39.6 Å². The maximum Gasteiger partial charge on any atom is 0.408 e. The second kappa shape index (κ2) is 11.5. The van der Waals surface area contributed by atoms with Crippen LogP contribution in [0.2, 0.25) is 5.02 Å². The van der Waals surface area contributed by atoms with Crippen molar-refractivity contribution in [2.24, 2.45) is 0 Å². The molecule has 0 bridgehead atoms. The average Bonchev–Trinajstić information content (AvgIpc) is 2.87. The first kappa shape index (κ1) is 30.5. The van der Waals surface area contributed by atoms with Gasteiger partial charge in [0.05, 0.1) is 38.2 Å². The summed E-state index contributed by atoms with van der Waals surface area (Å²) in [4.78, 5) is 45.0. The SMILES string of the molecule is CC(c1nc2cccc(Cl)c2c(=O)n1-c1cccc(NC(=O)Nc2ccccc2S(C)(=O)=O)c1)N(C(=O)O)C(C)(C)C. The number of hydrogen-bond acceptors (Lipinski definition) is 6. The number of para-hydroxylation sites is 1. The first-order chi connectivity index (χ1) is 19.6. The molecular weight excluding hydrogens is 582 g/mol. The lowest BCUT2D eigenvalue weighted by Gasteiger charge is -2.38. The van der Waals surface area contributed by atoms with Crippen molar-refractivity contribution < 1.29 is 23.1 Å². The molecule has 0 saturated heterocycles. The monoisotopic (exact) mass is 611 g/mol. The Kier molecular flexibility index (Phi) is 8.33. The Labute approximate surface area is 247 Å². The number of anilines is 2. The molecule has 0 aliphatic carbocycles. The van der Waals surface area contributed by atoms with Crippen LogP contribution in [0.25, 0.3) is 16.6 Å². The Bertz CT molecular complexity index is 1870. The van der Waals surface area contributed by atoms with Crippen molar-refractivity contribution in [3.05, 3.63) is 87.9 Å². The summed E-state index contributed by atoms with van der Waals surface area (Å²) in [7, 11) is -3.60. The van der Waals surface area contributed by atoms with Gasteiger partial charge < -0.3 is 15.7 Å². The van der Waals surface area contributed by atoms with Crippen molar-refractivity contribution >= 4 is 55.8 Å². The molecule has 0 fully saturated rings. The Morgan fingerprint density at radius 1 is 1.02 bits per heavy atom. The van der Waals surface area contributed by atoms with Gasteiger partial charge in [-0.1, -0.05) is 35.9 Å². The van der Waals surface area contributed by atoms with Gasteiger partial charge in [-0.05, 0) is 70.2 Å². The van der Waals surface area contributed by atoms with E-state index < -0.39 is 39.1 Å². The first-order valence-corrected chi connectivity index (χ1v) is 15.1. The van der Waals surface area contributed by atoms with Crippen molar-refractivity contribution in [2.75, 3.05) is 16.9 Å². The number of carbonyl (C=O) groups is 2. The Hall–Kier alpha value is -4.42. The van der Waals surface area contributed by atoms with Crippen molar-refractivity contribution in [1.29, 1.82) is 0 Å². The van der Waals surface area contributed by atoms with Crippen LogP contribution < -0.4 is 16.2 Å². The summed E-state index contributed by atoms with van der Waals surface area (Å²) in [6.45, 7) is 6.86. The van der Waals surface area contributed by atoms with Gasteiger partial charge in [0, 0.05) is 17.5 Å². The summed E-state index contributed by atoms with van der Waals surface area (Å²) >= 11 is 6.40. The van der Waals surface area contributed by atoms with E-state index in [0.29, 0.717) is 11.2 Å². The van der Waals surface area contributed by atoms with Crippen LogP contribution >= 0.6 is 11.6 Å². The molecule has 4 aromatic rings. The number of hydrogen-bond donors (Lipinski definition) is 3. The third-order valence-corrected chi connectivity index (χ3v) is 7.93. The predicted molar refractivity (Wildman–Crippen MR) is 163 cm³/mol. The van der Waals surface area contributed by atoms with Crippen molar-refractivity contribution in [2.45, 2.75) is 44.2 Å². The summed E-state index contributed by atoms with van der Waals surface area (Å²) in [5.41, 5.74) is -0.369. The maximum atomic E-state index is 13.9. The number of urea groups is 1. The highest BCUT2D eigenvalue weighted by Gasteiger charge is 2.34. The van der Waals surface area contributed by atoms with E-state index in [1.807, 2.05) is 0 Å². The van der Waals surface area contributed by atoms with Gasteiger partial charge in [-0.2, -0.15) is 0 Å². The minimum absolute atomic E-state index is 0.0416. The quantitative estimate of drug-likeness (QED) is 0.244. The summed E-state index contributed by atoms with van der Waals surface area (Å²) in [6.07, 6.45) is -0.149. The van der Waals surface area contributed by atoms with E-state index in [4.69, 9.17) is 11.6 Å². The Balaban J connectivity index is 1.81. The summed E-state index contributed by atoms with van der Waals surface area (Å²) in [6, 6.07) is 15.6. The second-order valence-corrected chi connectivity index (χ2v) is 13.0. The number of rotatable bonds is 6. The molecular formula is C29H30ClN5O6S. The molecule has 42 heavy (non-hydrogen) atoms. The third-order valence-electron chi connectivity index (χ3n) is 6.46. The lowest BCUT2D eigenvalue weighted by molar-refractivity contribution is 0.0719. The number of fused-ring (bicyclic) bond motifs is 1. The molecule has 3 N–H and O–H groups in total. The number of aromatic nitrogens is 2. The number of nitrogens with zero attached hydrogens (tertiary/aromatic N) is 3. The van der Waals surface area contributed by atoms with Crippen LogP contribution in [0.4, 0.5) is 21.0 Å². The molecule has 11 nitrogen and oxygen atoms in total. The number of nitrogens with one attached hydrogen (secondary N) is 2. The summed E-state index contributed by atoms with van der Waals surface area (Å²) < 4.78 is 25.5. The molecule has 220 valence electrons. The van der Waals surface area contributed by atoms with Crippen LogP contribution in [-0.4, -0.2) is 51.9 Å². The number of amides is 3. The zero-order valence-corrected chi connectivity index (χ0v) is 25.1. The first-order valence-electron chi connectivity index (χ1n) is 12.8. The van der Waals surface area contributed by atoms with Gasteiger partial charge in [0.1, 0.15) is 5.82 Å². The normalized spacial score (nSPS) is 12.5. The average molecular weight is 612 g/mol. The fourth-order valence-corrected chi connectivity index (χ4v) is 5.88. The lowest BCUT2D eigenvalue weighted by atomic mass is 10.0. The highest BCUT2D eigenvalue weighted by molar-refractivity contribution is 7.90. The van der Waals surface area contributed by atoms with E-state index in [-0.39, 0.29) is 32.5 Å². The number of carbonyl (C=O) groups excluding carboxylic acids is 1. The maximum absolute atomic E-state index is 13.9. The number of carboxylic acid groups (broad SMARTS) is 1.